The van der Waals surface area contributed by atoms with Gasteiger partial charge in [-0.1, -0.05) is 35.1 Å². The Kier molecular flexibility index (Phi) is 7.23. The van der Waals surface area contributed by atoms with E-state index in [0.717, 1.165) is 23.5 Å². The minimum atomic E-state index is -1.15. The molecule has 3 N–H and O–H groups in total. The highest BCUT2D eigenvalue weighted by atomic mass is 35.5. The first-order valence-electron chi connectivity index (χ1n) is 8.86. The third-order valence-corrected chi connectivity index (χ3v) is 5.13. The summed E-state index contributed by atoms with van der Waals surface area (Å²) in [5.41, 5.74) is 0.0899. The molecule has 1 aromatic heterocycles. The molecule has 3 rings (SSSR count). The lowest BCUT2D eigenvalue weighted by Crippen LogP contribution is -2.29. The number of para-hydroxylation sites is 2. The van der Waals surface area contributed by atoms with E-state index in [1.807, 2.05) is 0 Å². The number of nitrogens with zero attached hydrogens (tertiary/aromatic N) is 1. The standard InChI is InChI=1S/C20H15ClFN3O6S/c1-30-13-4-2-3-5-14(13)31-15-8-10(22)6-7-11(15)23-18(28)19(29)25-20-24-12(9-16(26)27)17(21)32-20/h2-8H,9H2,1H3,(H,23,28)(H,26,27)(H,24,25,29). The van der Waals surface area contributed by atoms with Crippen LogP contribution in [0.25, 0.3) is 0 Å². The number of aliphatic carboxylic acids is 1. The van der Waals surface area contributed by atoms with Crippen LogP contribution >= 0.6 is 22.9 Å². The number of benzene rings is 2. The topological polar surface area (TPSA) is 127 Å². The Labute approximate surface area is 189 Å². The fraction of sp³-hybridized carbons (Fsp3) is 0.100. The van der Waals surface area contributed by atoms with Gasteiger partial charge in [0.25, 0.3) is 0 Å². The third kappa shape index (κ3) is 5.71. The molecule has 0 radical (unpaired) electrons. The number of aromatic nitrogens is 1. The van der Waals surface area contributed by atoms with Crippen LogP contribution in [0.15, 0.2) is 42.5 Å². The number of methoxy groups -OCH3 is 1. The van der Waals surface area contributed by atoms with E-state index in [1.165, 1.54) is 13.2 Å². The highest BCUT2D eigenvalue weighted by Crippen LogP contribution is 2.35. The number of anilines is 2. The van der Waals surface area contributed by atoms with E-state index in [2.05, 4.69) is 15.6 Å². The van der Waals surface area contributed by atoms with Gasteiger partial charge < -0.3 is 19.9 Å². The van der Waals surface area contributed by atoms with E-state index in [-0.39, 0.29) is 32.3 Å². The van der Waals surface area contributed by atoms with Gasteiger partial charge in [-0.05, 0) is 24.3 Å². The molecule has 0 spiro atoms. The molecule has 0 aliphatic rings. The first-order chi connectivity index (χ1) is 15.3. The van der Waals surface area contributed by atoms with Crippen LogP contribution in [0.2, 0.25) is 4.34 Å². The van der Waals surface area contributed by atoms with Gasteiger partial charge in [-0.3, -0.25) is 19.7 Å². The van der Waals surface area contributed by atoms with Gasteiger partial charge in [0.05, 0.1) is 24.9 Å². The van der Waals surface area contributed by atoms with Crippen molar-refractivity contribution in [2.45, 2.75) is 6.42 Å². The Morgan fingerprint density at radius 3 is 2.47 bits per heavy atom. The molecule has 0 fully saturated rings. The van der Waals surface area contributed by atoms with Crippen molar-refractivity contribution in [3.63, 3.8) is 0 Å². The lowest BCUT2D eigenvalue weighted by molar-refractivity contribution is -0.136. The van der Waals surface area contributed by atoms with Gasteiger partial charge in [0.15, 0.2) is 22.4 Å². The van der Waals surface area contributed by atoms with Crippen LogP contribution in [0, 0.1) is 5.82 Å². The summed E-state index contributed by atoms with van der Waals surface area (Å²) in [7, 11) is 1.44. The number of rotatable bonds is 7. The minimum absolute atomic E-state index is 0.0289. The van der Waals surface area contributed by atoms with Crippen molar-refractivity contribution in [1.82, 2.24) is 4.98 Å². The molecule has 0 saturated carbocycles. The summed E-state index contributed by atoms with van der Waals surface area (Å²) in [6, 6.07) is 9.98. The molecular weight excluding hydrogens is 465 g/mol. The SMILES string of the molecule is COc1ccccc1Oc1cc(F)ccc1NC(=O)C(=O)Nc1nc(CC(=O)O)c(Cl)s1. The van der Waals surface area contributed by atoms with Gasteiger partial charge in [-0.15, -0.1) is 0 Å². The predicted octanol–water partition coefficient (Wildman–Crippen LogP) is 3.94. The number of amides is 2. The zero-order chi connectivity index (χ0) is 23.3. The van der Waals surface area contributed by atoms with Crippen molar-refractivity contribution in [1.29, 1.82) is 0 Å². The number of nitrogens with one attached hydrogen (secondary N) is 2. The second-order valence-corrected chi connectivity index (χ2v) is 7.71. The van der Waals surface area contributed by atoms with Gasteiger partial charge >= 0.3 is 17.8 Å². The normalized spacial score (nSPS) is 10.3. The molecule has 0 saturated heterocycles. The number of halogens is 2. The van der Waals surface area contributed by atoms with Crippen molar-refractivity contribution in [2.24, 2.45) is 0 Å². The number of ether oxygens (including phenoxy) is 2. The van der Waals surface area contributed by atoms with E-state index in [1.54, 1.807) is 24.3 Å². The lowest BCUT2D eigenvalue weighted by atomic mass is 10.2. The molecule has 12 heteroatoms. The van der Waals surface area contributed by atoms with Crippen LogP contribution in [0.1, 0.15) is 5.69 Å². The van der Waals surface area contributed by atoms with E-state index < -0.39 is 30.0 Å². The Morgan fingerprint density at radius 2 is 1.78 bits per heavy atom. The zero-order valence-corrected chi connectivity index (χ0v) is 17.9. The molecule has 0 aliphatic carbocycles. The number of carboxylic acid groups (broad SMARTS) is 1. The van der Waals surface area contributed by atoms with Crippen molar-refractivity contribution in [3.8, 4) is 17.2 Å². The molecule has 9 nitrogen and oxygen atoms in total. The maximum atomic E-state index is 13.8. The molecule has 0 aliphatic heterocycles. The monoisotopic (exact) mass is 479 g/mol. The summed E-state index contributed by atoms with van der Waals surface area (Å²) < 4.78 is 24.7. The summed E-state index contributed by atoms with van der Waals surface area (Å²) in [6.45, 7) is 0. The lowest BCUT2D eigenvalue weighted by Gasteiger charge is -2.14. The van der Waals surface area contributed by atoms with Gasteiger partial charge in [0, 0.05) is 6.07 Å². The van der Waals surface area contributed by atoms with Gasteiger partial charge in [0.2, 0.25) is 0 Å². The van der Waals surface area contributed by atoms with E-state index in [4.69, 9.17) is 26.2 Å². The number of thiazole rings is 1. The molecule has 2 aromatic carbocycles. The van der Waals surface area contributed by atoms with Crippen LogP contribution in [0.5, 0.6) is 17.2 Å². The predicted molar refractivity (Wildman–Crippen MR) is 115 cm³/mol. The van der Waals surface area contributed by atoms with Gasteiger partial charge in [-0.25, -0.2) is 9.37 Å². The van der Waals surface area contributed by atoms with Crippen LogP contribution < -0.4 is 20.1 Å². The quantitative estimate of drug-likeness (QED) is 0.438. The fourth-order valence-corrected chi connectivity index (χ4v) is 3.51. The summed E-state index contributed by atoms with van der Waals surface area (Å²) in [5.74, 6) is -3.37. The molecule has 0 unspecified atom stereocenters. The number of carboxylic acids is 1. The Balaban J connectivity index is 1.75. The largest absolute Gasteiger partial charge is 0.493 e. The summed E-state index contributed by atoms with van der Waals surface area (Å²) >= 11 is 6.71. The minimum Gasteiger partial charge on any atom is -0.493 e. The van der Waals surface area contributed by atoms with Crippen molar-refractivity contribution in [2.75, 3.05) is 17.7 Å². The van der Waals surface area contributed by atoms with Crippen LogP contribution in [0.3, 0.4) is 0 Å². The van der Waals surface area contributed by atoms with Crippen molar-refractivity contribution >= 4 is 51.5 Å². The summed E-state index contributed by atoms with van der Waals surface area (Å²) in [4.78, 5) is 39.3. The molecule has 3 aromatic rings. The second kappa shape index (κ2) is 10.1. The second-order valence-electron chi connectivity index (χ2n) is 6.11. The van der Waals surface area contributed by atoms with Crippen LogP contribution in [-0.4, -0.2) is 35.0 Å². The first-order valence-corrected chi connectivity index (χ1v) is 10.1. The van der Waals surface area contributed by atoms with Gasteiger partial charge in [0.1, 0.15) is 10.2 Å². The maximum Gasteiger partial charge on any atom is 0.315 e. The van der Waals surface area contributed by atoms with E-state index in [9.17, 15) is 18.8 Å². The highest BCUT2D eigenvalue weighted by Gasteiger charge is 2.20. The molecule has 1 heterocycles. The number of carbonyl (C=O) groups excluding carboxylic acids is 2. The van der Waals surface area contributed by atoms with Crippen molar-refractivity contribution < 1.29 is 33.4 Å². The van der Waals surface area contributed by atoms with Crippen molar-refractivity contribution in [3.05, 3.63) is 58.3 Å². The first kappa shape index (κ1) is 23.0. The molecule has 0 bridgehead atoms. The maximum absolute atomic E-state index is 13.8. The number of hydrogen-bond donors (Lipinski definition) is 3. The smallest absolute Gasteiger partial charge is 0.315 e. The number of hydrogen-bond acceptors (Lipinski definition) is 7. The molecule has 32 heavy (non-hydrogen) atoms. The van der Waals surface area contributed by atoms with E-state index >= 15 is 0 Å². The number of carbonyl (C=O) groups is 3. The summed E-state index contributed by atoms with van der Waals surface area (Å²) in [5, 5.41) is 13.4. The third-order valence-electron chi connectivity index (χ3n) is 3.88. The summed E-state index contributed by atoms with van der Waals surface area (Å²) in [6.07, 6.45) is -0.434. The average Bonchev–Trinajstić information content (AvgIpc) is 3.08. The Morgan fingerprint density at radius 1 is 1.09 bits per heavy atom. The Hall–Kier alpha value is -3.70. The average molecular weight is 480 g/mol. The molecule has 0 atom stereocenters. The fourth-order valence-electron chi connectivity index (χ4n) is 2.48. The molecular formula is C20H15ClFN3O6S. The Bertz CT molecular complexity index is 1190. The highest BCUT2D eigenvalue weighted by molar-refractivity contribution is 7.19. The zero-order valence-electron chi connectivity index (χ0n) is 16.3. The van der Waals surface area contributed by atoms with Crippen LogP contribution in [-0.2, 0) is 20.8 Å². The van der Waals surface area contributed by atoms with Crippen LogP contribution in [0.4, 0.5) is 15.2 Å². The van der Waals surface area contributed by atoms with E-state index in [0.29, 0.717) is 5.75 Å². The molecule has 166 valence electrons. The van der Waals surface area contributed by atoms with Gasteiger partial charge in [-0.2, -0.15) is 0 Å². The molecule has 2 amide bonds.